The second-order valence-corrected chi connectivity index (χ2v) is 3.48. The molecule has 0 aromatic rings. The topological polar surface area (TPSA) is 38.8 Å². The van der Waals surface area contributed by atoms with Crippen molar-refractivity contribution < 1.29 is 14.3 Å². The maximum Gasteiger partial charge on any atom is 0.337 e. The Morgan fingerprint density at radius 2 is 2.25 bits per heavy atom. The van der Waals surface area contributed by atoms with Crippen LogP contribution in [0.25, 0.3) is 0 Å². The summed E-state index contributed by atoms with van der Waals surface area (Å²) in [7, 11) is 0. The van der Waals surface area contributed by atoms with Crippen molar-refractivity contribution in [2.45, 2.75) is 39.4 Å². The van der Waals surface area contributed by atoms with Crippen molar-refractivity contribution in [3.63, 3.8) is 0 Å². The van der Waals surface area contributed by atoms with E-state index in [1.807, 2.05) is 0 Å². The molecule has 0 saturated carbocycles. The Labute approximate surface area is 73.0 Å². The zero-order chi connectivity index (χ0) is 9.14. The number of hydrogen-bond acceptors (Lipinski definition) is 3. The van der Waals surface area contributed by atoms with Gasteiger partial charge in [0.25, 0.3) is 0 Å². The van der Waals surface area contributed by atoms with Gasteiger partial charge in [-0.25, -0.2) is 4.79 Å². The van der Waals surface area contributed by atoms with Gasteiger partial charge in [0.1, 0.15) is 0 Å². The van der Waals surface area contributed by atoms with Gasteiger partial charge < -0.3 is 9.47 Å². The molecule has 3 nitrogen and oxygen atoms in total. The highest BCUT2D eigenvalue weighted by Gasteiger charge is 2.46. The summed E-state index contributed by atoms with van der Waals surface area (Å²) in [5.74, 6) is 0.373. The van der Waals surface area contributed by atoms with Crippen molar-refractivity contribution in [3.05, 3.63) is 0 Å². The van der Waals surface area contributed by atoms with Gasteiger partial charge in [-0.05, 0) is 19.3 Å². The van der Waals surface area contributed by atoms with Crippen LogP contribution in [0.3, 0.4) is 0 Å². The summed E-state index contributed by atoms with van der Waals surface area (Å²) in [5, 5.41) is 0. The van der Waals surface area contributed by atoms with Gasteiger partial charge in [0, 0.05) is 0 Å². The van der Waals surface area contributed by atoms with Crippen molar-refractivity contribution in [1.29, 1.82) is 0 Å². The Morgan fingerprint density at radius 1 is 1.58 bits per heavy atom. The molecule has 1 aliphatic heterocycles. The molecule has 1 heterocycles. The van der Waals surface area contributed by atoms with E-state index in [-0.39, 0.29) is 18.2 Å². The second kappa shape index (κ2) is 3.90. The van der Waals surface area contributed by atoms with E-state index in [0.717, 1.165) is 6.42 Å². The molecule has 0 aromatic carbocycles. The van der Waals surface area contributed by atoms with Crippen LogP contribution in [-0.2, 0) is 14.3 Å². The molecule has 12 heavy (non-hydrogen) atoms. The third kappa shape index (κ3) is 2.48. The lowest BCUT2D eigenvalue weighted by Gasteiger charge is -1.99. The first-order valence-electron chi connectivity index (χ1n) is 4.47. The molecule has 0 radical (unpaired) electrons. The van der Waals surface area contributed by atoms with E-state index in [4.69, 9.17) is 9.47 Å². The largest absolute Gasteiger partial charge is 0.464 e. The molecule has 1 fully saturated rings. The molecule has 1 saturated heterocycles. The molecule has 0 bridgehead atoms. The van der Waals surface area contributed by atoms with Crippen molar-refractivity contribution in [2.75, 3.05) is 6.61 Å². The number of carbonyl (C=O) groups is 1. The summed E-state index contributed by atoms with van der Waals surface area (Å²) < 4.78 is 9.98. The lowest BCUT2D eigenvalue weighted by Crippen LogP contribution is -2.14. The fraction of sp³-hybridized carbons (Fsp3) is 0.889. The number of hydrogen-bond donors (Lipinski definition) is 0. The lowest BCUT2D eigenvalue weighted by atomic mass is 10.1. The summed E-state index contributed by atoms with van der Waals surface area (Å²) in [6.07, 6.45) is 0.792. The minimum atomic E-state index is -0.271. The molecule has 1 rings (SSSR count). The highest BCUT2D eigenvalue weighted by atomic mass is 16.6. The second-order valence-electron chi connectivity index (χ2n) is 3.48. The van der Waals surface area contributed by atoms with E-state index in [9.17, 15) is 4.79 Å². The quantitative estimate of drug-likeness (QED) is 0.475. The average molecular weight is 172 g/mol. The number of ether oxygens (including phenoxy) is 2. The minimum Gasteiger partial charge on any atom is -0.464 e. The first kappa shape index (κ1) is 9.52. The zero-order valence-electron chi connectivity index (χ0n) is 7.87. The Bertz CT molecular complexity index is 165. The Kier molecular flexibility index (Phi) is 3.09. The van der Waals surface area contributed by atoms with E-state index in [2.05, 4.69) is 13.8 Å². The van der Waals surface area contributed by atoms with Gasteiger partial charge in [0.05, 0.1) is 12.7 Å². The normalized spacial score (nSPS) is 27.3. The van der Waals surface area contributed by atoms with Gasteiger partial charge in [-0.1, -0.05) is 13.8 Å². The van der Waals surface area contributed by atoms with Gasteiger partial charge in [0.15, 0.2) is 6.10 Å². The van der Waals surface area contributed by atoms with Crippen LogP contribution in [0.5, 0.6) is 0 Å². The van der Waals surface area contributed by atoms with Crippen LogP contribution in [-0.4, -0.2) is 24.8 Å². The predicted octanol–water partition coefficient (Wildman–Crippen LogP) is 1.36. The smallest absolute Gasteiger partial charge is 0.337 e. The highest BCUT2D eigenvalue weighted by Crippen LogP contribution is 2.29. The minimum absolute atomic E-state index is 0.115. The summed E-state index contributed by atoms with van der Waals surface area (Å²) >= 11 is 0. The molecule has 2 atom stereocenters. The third-order valence-electron chi connectivity index (χ3n) is 1.81. The van der Waals surface area contributed by atoms with Gasteiger partial charge in [0.2, 0.25) is 0 Å². The van der Waals surface area contributed by atoms with Crippen LogP contribution in [0.1, 0.15) is 27.2 Å². The summed E-state index contributed by atoms with van der Waals surface area (Å²) in [6, 6.07) is 0. The number of rotatable bonds is 4. The predicted molar refractivity (Wildman–Crippen MR) is 44.7 cm³/mol. The van der Waals surface area contributed by atoms with E-state index in [1.54, 1.807) is 6.92 Å². The molecule has 3 heteroatoms. The van der Waals surface area contributed by atoms with Crippen LogP contribution in [0.15, 0.2) is 0 Å². The molecule has 0 spiro atoms. The highest BCUT2D eigenvalue weighted by molar-refractivity contribution is 5.77. The van der Waals surface area contributed by atoms with Crippen LogP contribution >= 0.6 is 0 Å². The molecular formula is C9H16O3. The fourth-order valence-corrected chi connectivity index (χ4v) is 1.22. The number of carbonyl (C=O) groups excluding carboxylic acids is 1. The molecule has 70 valence electrons. The van der Waals surface area contributed by atoms with E-state index < -0.39 is 0 Å². The standard InChI is InChI=1S/C9H16O3/c1-4-11-9(10)8-7(12-8)5-6(2)3/h6-8H,4-5H2,1-3H3/t7-,8-/m1/s1. The van der Waals surface area contributed by atoms with E-state index >= 15 is 0 Å². The molecule has 0 unspecified atom stereocenters. The van der Waals surface area contributed by atoms with Crippen molar-refractivity contribution in [2.24, 2.45) is 5.92 Å². The van der Waals surface area contributed by atoms with Crippen LogP contribution < -0.4 is 0 Å². The zero-order valence-corrected chi connectivity index (χ0v) is 7.87. The van der Waals surface area contributed by atoms with Crippen LogP contribution in [0, 0.1) is 5.92 Å². The molecular weight excluding hydrogens is 156 g/mol. The molecule has 0 aromatic heterocycles. The summed E-state index contributed by atoms with van der Waals surface area (Å²) in [5.41, 5.74) is 0. The maximum atomic E-state index is 11.1. The molecule has 0 aliphatic carbocycles. The van der Waals surface area contributed by atoms with Crippen molar-refractivity contribution >= 4 is 5.97 Å². The Morgan fingerprint density at radius 3 is 2.75 bits per heavy atom. The maximum absolute atomic E-state index is 11.1. The van der Waals surface area contributed by atoms with Crippen LogP contribution in [0.4, 0.5) is 0 Å². The number of esters is 1. The van der Waals surface area contributed by atoms with Gasteiger partial charge >= 0.3 is 5.97 Å². The first-order valence-corrected chi connectivity index (χ1v) is 4.47. The first-order chi connectivity index (χ1) is 5.65. The van der Waals surface area contributed by atoms with Crippen molar-refractivity contribution in [3.8, 4) is 0 Å². The third-order valence-corrected chi connectivity index (χ3v) is 1.81. The summed E-state index contributed by atoms with van der Waals surface area (Å²) in [4.78, 5) is 11.1. The molecule has 0 N–H and O–H groups in total. The van der Waals surface area contributed by atoms with Gasteiger partial charge in [-0.3, -0.25) is 0 Å². The molecule has 1 aliphatic rings. The Balaban J connectivity index is 2.18. The van der Waals surface area contributed by atoms with Gasteiger partial charge in [-0.2, -0.15) is 0 Å². The van der Waals surface area contributed by atoms with E-state index in [1.165, 1.54) is 0 Å². The fourth-order valence-electron chi connectivity index (χ4n) is 1.22. The van der Waals surface area contributed by atoms with Crippen molar-refractivity contribution in [1.82, 2.24) is 0 Å². The number of epoxide rings is 1. The monoisotopic (exact) mass is 172 g/mol. The summed E-state index contributed by atoms with van der Waals surface area (Å²) in [6.45, 7) is 6.47. The van der Waals surface area contributed by atoms with Crippen LogP contribution in [0.2, 0.25) is 0 Å². The van der Waals surface area contributed by atoms with Gasteiger partial charge in [-0.15, -0.1) is 0 Å². The lowest BCUT2D eigenvalue weighted by molar-refractivity contribution is -0.144. The molecule has 0 amide bonds. The Hall–Kier alpha value is -0.570. The SMILES string of the molecule is CCOC(=O)[C@@H]1O[C@@H]1CC(C)C. The van der Waals surface area contributed by atoms with E-state index in [0.29, 0.717) is 12.5 Å². The average Bonchev–Trinajstić information content (AvgIpc) is 2.67.